The number of pyridine rings is 1. The van der Waals surface area contributed by atoms with Crippen molar-refractivity contribution in [2.45, 2.75) is 19.0 Å². The first-order valence-electron chi connectivity index (χ1n) is 12.3. The number of phenolic OH excluding ortho intramolecular Hbond substituents is 1. The Bertz CT molecular complexity index is 1720. The van der Waals surface area contributed by atoms with Crippen molar-refractivity contribution in [3.05, 3.63) is 95.1 Å². The van der Waals surface area contributed by atoms with E-state index in [1.807, 2.05) is 23.9 Å². The number of benzene rings is 2. The van der Waals surface area contributed by atoms with Crippen LogP contribution in [0.4, 0.5) is 0 Å². The number of carboxylic acids is 1. The van der Waals surface area contributed by atoms with Crippen molar-refractivity contribution in [1.29, 1.82) is 0 Å². The van der Waals surface area contributed by atoms with Crippen LogP contribution in [0, 0.1) is 0 Å². The van der Waals surface area contributed by atoms with E-state index >= 15 is 0 Å². The molecular weight excluding hydrogens is 484 g/mol. The maximum atomic E-state index is 13.8. The summed E-state index contributed by atoms with van der Waals surface area (Å²) in [5.41, 5.74) is 2.98. The lowest BCUT2D eigenvalue weighted by molar-refractivity contribution is 0.0697. The highest BCUT2D eigenvalue weighted by Crippen LogP contribution is 2.32. The Hall–Kier alpha value is -4.70. The molecule has 192 valence electrons. The fraction of sp³-hybridized carbons (Fsp3) is 0.214. The molecule has 0 spiro atoms. The molecule has 2 aromatic carbocycles. The Morgan fingerprint density at radius 2 is 1.89 bits per heavy atom. The Kier molecular flexibility index (Phi) is 5.80. The minimum Gasteiger partial charge on any atom is -0.507 e. The second kappa shape index (κ2) is 9.31. The molecule has 3 aromatic heterocycles. The van der Waals surface area contributed by atoms with E-state index < -0.39 is 5.97 Å². The molecule has 1 saturated heterocycles. The number of aromatic nitrogens is 5. The second-order valence-corrected chi connectivity index (χ2v) is 9.55. The maximum Gasteiger partial charge on any atom is 0.335 e. The van der Waals surface area contributed by atoms with Gasteiger partial charge in [-0.1, -0.05) is 12.1 Å². The number of hydrogen-bond donors (Lipinski definition) is 2. The number of likely N-dealkylation sites (tertiary alicyclic amines) is 1. The zero-order valence-corrected chi connectivity index (χ0v) is 20.7. The number of imidazole rings is 2. The lowest BCUT2D eigenvalue weighted by Crippen LogP contribution is -2.29. The van der Waals surface area contributed by atoms with Crippen LogP contribution in [0.25, 0.3) is 28.0 Å². The van der Waals surface area contributed by atoms with Crippen molar-refractivity contribution in [2.24, 2.45) is 7.05 Å². The molecule has 4 heterocycles. The second-order valence-electron chi connectivity index (χ2n) is 9.55. The number of aromatic hydroxyl groups is 1. The Morgan fingerprint density at radius 1 is 1.08 bits per heavy atom. The third kappa shape index (κ3) is 4.04. The van der Waals surface area contributed by atoms with E-state index in [1.165, 1.54) is 12.1 Å². The lowest BCUT2D eigenvalue weighted by Gasteiger charge is -2.16. The third-order valence-corrected chi connectivity index (χ3v) is 7.21. The van der Waals surface area contributed by atoms with Crippen molar-refractivity contribution in [2.75, 3.05) is 13.1 Å². The van der Waals surface area contributed by atoms with E-state index in [9.17, 15) is 14.7 Å². The van der Waals surface area contributed by atoms with Crippen molar-refractivity contribution >= 4 is 17.1 Å². The summed E-state index contributed by atoms with van der Waals surface area (Å²) in [5.74, 6) is -0.0430. The van der Waals surface area contributed by atoms with Gasteiger partial charge in [0, 0.05) is 50.4 Å². The van der Waals surface area contributed by atoms with E-state index in [4.69, 9.17) is 5.11 Å². The van der Waals surface area contributed by atoms with E-state index in [0.717, 1.165) is 18.8 Å². The SMILES string of the molecule is Cn1ccnc1CN1CC[C@H](n2c(=O)n(-c3ccc(-c4ccc(C(=O)O)cc4)c(O)c3)c3cccnc32)C1. The number of rotatable bonds is 6. The van der Waals surface area contributed by atoms with Crippen LogP contribution in [0.2, 0.25) is 0 Å². The summed E-state index contributed by atoms with van der Waals surface area (Å²) in [4.78, 5) is 36.3. The third-order valence-electron chi connectivity index (χ3n) is 7.21. The molecule has 0 bridgehead atoms. The molecule has 1 fully saturated rings. The minimum atomic E-state index is -1.01. The van der Waals surface area contributed by atoms with E-state index in [0.29, 0.717) is 41.1 Å². The van der Waals surface area contributed by atoms with E-state index in [-0.39, 0.29) is 23.0 Å². The van der Waals surface area contributed by atoms with Gasteiger partial charge in [0.05, 0.1) is 29.4 Å². The molecule has 0 aliphatic carbocycles. The number of carbonyl (C=O) groups is 1. The number of carboxylic acid groups (broad SMARTS) is 1. The van der Waals surface area contributed by atoms with Crippen LogP contribution in [0.3, 0.4) is 0 Å². The van der Waals surface area contributed by atoms with Crippen molar-refractivity contribution in [3.63, 3.8) is 0 Å². The van der Waals surface area contributed by atoms with Crippen molar-refractivity contribution in [3.8, 4) is 22.6 Å². The average Bonchev–Trinajstić information content (AvgIpc) is 3.61. The number of aromatic carboxylic acids is 1. The van der Waals surface area contributed by atoms with Crippen LogP contribution in [0.5, 0.6) is 5.75 Å². The zero-order valence-electron chi connectivity index (χ0n) is 20.7. The molecule has 6 rings (SSSR count). The highest BCUT2D eigenvalue weighted by Gasteiger charge is 2.29. The number of phenols is 1. The number of fused-ring (bicyclic) bond motifs is 1. The van der Waals surface area contributed by atoms with E-state index in [2.05, 4.69) is 14.9 Å². The molecule has 2 N–H and O–H groups in total. The summed E-state index contributed by atoms with van der Waals surface area (Å²) in [6, 6.07) is 15.0. The molecule has 38 heavy (non-hydrogen) atoms. The summed E-state index contributed by atoms with van der Waals surface area (Å²) < 4.78 is 5.35. The summed E-state index contributed by atoms with van der Waals surface area (Å²) in [5, 5.41) is 20.0. The predicted molar refractivity (Wildman–Crippen MR) is 142 cm³/mol. The molecule has 1 aliphatic heterocycles. The molecule has 0 amide bonds. The topological polar surface area (TPSA) is 118 Å². The molecule has 5 aromatic rings. The monoisotopic (exact) mass is 510 g/mol. The van der Waals surface area contributed by atoms with Gasteiger partial charge < -0.3 is 14.8 Å². The standard InChI is InChI=1S/C28H26N6O4/c1-31-14-12-29-25(31)17-32-13-10-21(16-32)34-26-23(3-2-11-30-26)33(28(34)38)20-8-9-22(24(35)15-20)18-4-6-19(7-5-18)27(36)37/h2-9,11-12,14-15,21,35H,10,13,16-17H2,1H3,(H,36,37)/t21-/m0/s1. The molecule has 0 unspecified atom stereocenters. The highest BCUT2D eigenvalue weighted by molar-refractivity contribution is 5.88. The zero-order chi connectivity index (χ0) is 26.4. The molecule has 0 saturated carbocycles. The molecule has 10 nitrogen and oxygen atoms in total. The van der Waals surface area contributed by atoms with Gasteiger partial charge in [0.15, 0.2) is 5.65 Å². The van der Waals surface area contributed by atoms with Crippen LogP contribution < -0.4 is 5.69 Å². The maximum absolute atomic E-state index is 13.8. The highest BCUT2D eigenvalue weighted by atomic mass is 16.4. The number of aryl methyl sites for hydroxylation is 1. The summed E-state index contributed by atoms with van der Waals surface area (Å²) in [6.07, 6.45) is 6.22. The lowest BCUT2D eigenvalue weighted by atomic mass is 10.0. The molecular formula is C28H26N6O4. The van der Waals surface area contributed by atoms with E-state index in [1.54, 1.807) is 57.9 Å². The summed E-state index contributed by atoms with van der Waals surface area (Å²) in [7, 11) is 1.98. The first-order chi connectivity index (χ1) is 18.4. The van der Waals surface area contributed by atoms with Gasteiger partial charge in [-0.15, -0.1) is 0 Å². The molecule has 1 aliphatic rings. The van der Waals surface area contributed by atoms with Gasteiger partial charge in [-0.05, 0) is 48.4 Å². The number of nitrogens with zero attached hydrogens (tertiary/aromatic N) is 6. The van der Waals surface area contributed by atoms with Gasteiger partial charge in [-0.3, -0.25) is 14.0 Å². The first kappa shape index (κ1) is 23.7. The van der Waals surface area contributed by atoms with Gasteiger partial charge in [0.2, 0.25) is 0 Å². The van der Waals surface area contributed by atoms with Crippen molar-refractivity contribution in [1.82, 2.24) is 28.6 Å². The Labute approximate surface area is 217 Å². The van der Waals surface area contributed by atoms with Gasteiger partial charge in [0.25, 0.3) is 0 Å². The van der Waals surface area contributed by atoms with Gasteiger partial charge in [-0.2, -0.15) is 0 Å². The Morgan fingerprint density at radius 3 is 2.61 bits per heavy atom. The van der Waals surface area contributed by atoms with Crippen LogP contribution in [-0.4, -0.2) is 57.8 Å². The molecule has 0 radical (unpaired) electrons. The van der Waals surface area contributed by atoms with Gasteiger partial charge >= 0.3 is 11.7 Å². The van der Waals surface area contributed by atoms with Crippen LogP contribution in [0.1, 0.15) is 28.6 Å². The number of hydrogen-bond acceptors (Lipinski definition) is 6. The largest absolute Gasteiger partial charge is 0.507 e. The predicted octanol–water partition coefficient (Wildman–Crippen LogP) is 3.44. The smallest absolute Gasteiger partial charge is 0.335 e. The fourth-order valence-electron chi connectivity index (χ4n) is 5.24. The van der Waals surface area contributed by atoms with Gasteiger partial charge in [-0.25, -0.2) is 19.6 Å². The molecule has 1 atom stereocenters. The first-order valence-corrected chi connectivity index (χ1v) is 12.3. The average molecular weight is 511 g/mol. The minimum absolute atomic E-state index is 0.00984. The Balaban J connectivity index is 1.35. The van der Waals surface area contributed by atoms with Crippen molar-refractivity contribution < 1.29 is 15.0 Å². The van der Waals surface area contributed by atoms with Crippen LogP contribution in [-0.2, 0) is 13.6 Å². The summed E-state index contributed by atoms with van der Waals surface area (Å²) >= 11 is 0. The molecule has 10 heteroatoms. The fourth-order valence-corrected chi connectivity index (χ4v) is 5.24. The summed E-state index contributed by atoms with van der Waals surface area (Å²) in [6.45, 7) is 2.27. The van der Waals surface area contributed by atoms with Gasteiger partial charge in [0.1, 0.15) is 11.6 Å². The van der Waals surface area contributed by atoms with Crippen LogP contribution >= 0.6 is 0 Å². The van der Waals surface area contributed by atoms with Crippen LogP contribution in [0.15, 0.2) is 78.0 Å². The normalized spacial score (nSPS) is 15.9. The quantitative estimate of drug-likeness (QED) is 0.359.